The number of nitrogens with zero attached hydrogens (tertiary/aromatic N) is 7. The second-order valence-corrected chi connectivity index (χ2v) is 8.87. The van der Waals surface area contributed by atoms with Crippen LogP contribution >= 0.6 is 0 Å². The first-order chi connectivity index (χ1) is 15.5. The molecule has 1 saturated carbocycles. The van der Waals surface area contributed by atoms with Gasteiger partial charge in [-0.05, 0) is 61.6 Å². The number of cyclic esters (lactones) is 1. The molecule has 1 saturated heterocycles. The maximum Gasteiger partial charge on any atom is 0.333 e. The molecular weight excluding hydrogens is 412 g/mol. The highest BCUT2D eigenvalue weighted by Crippen LogP contribution is 2.48. The molecule has 0 aromatic carbocycles. The lowest BCUT2D eigenvalue weighted by Gasteiger charge is -2.36. The maximum absolute atomic E-state index is 13.3. The number of esters is 1. The molecule has 168 valence electrons. The number of nitrogens with one attached hydrogen (secondary N) is 1. The fraction of sp³-hybridized carbons (Fsp3) is 0.571. The first kappa shape index (κ1) is 20.7. The van der Waals surface area contributed by atoms with Crippen molar-refractivity contribution in [2.45, 2.75) is 57.5 Å². The Morgan fingerprint density at radius 2 is 2.06 bits per heavy atom. The van der Waals surface area contributed by atoms with Gasteiger partial charge in [-0.25, -0.2) is 4.79 Å². The molecule has 2 aromatic rings. The van der Waals surface area contributed by atoms with E-state index in [9.17, 15) is 9.59 Å². The number of aromatic nitrogens is 6. The summed E-state index contributed by atoms with van der Waals surface area (Å²) >= 11 is 0. The summed E-state index contributed by atoms with van der Waals surface area (Å²) in [5.41, 5.74) is 1.30. The molecule has 1 spiro atoms. The topological polar surface area (TPSA) is 128 Å². The zero-order chi connectivity index (χ0) is 22.1. The van der Waals surface area contributed by atoms with Gasteiger partial charge in [0, 0.05) is 31.1 Å². The van der Waals surface area contributed by atoms with Crippen LogP contribution in [-0.2, 0) is 20.7 Å². The Morgan fingerprint density at radius 1 is 1.22 bits per heavy atom. The Bertz CT molecular complexity index is 1010. The van der Waals surface area contributed by atoms with Gasteiger partial charge in [0.1, 0.15) is 12.9 Å². The summed E-state index contributed by atoms with van der Waals surface area (Å²) in [4.78, 5) is 26.5. The van der Waals surface area contributed by atoms with Gasteiger partial charge in [0.05, 0.1) is 16.8 Å². The quantitative estimate of drug-likeness (QED) is 0.644. The number of carbonyl (C=O) groups is 2. The summed E-state index contributed by atoms with van der Waals surface area (Å²) in [7, 11) is 0. The van der Waals surface area contributed by atoms with Crippen molar-refractivity contribution in [2.24, 2.45) is 5.41 Å². The van der Waals surface area contributed by atoms with E-state index in [0.29, 0.717) is 17.6 Å². The third-order valence-corrected chi connectivity index (χ3v) is 6.80. The van der Waals surface area contributed by atoms with Crippen molar-refractivity contribution < 1.29 is 14.3 Å². The van der Waals surface area contributed by atoms with Gasteiger partial charge >= 0.3 is 5.97 Å². The fourth-order valence-electron chi connectivity index (χ4n) is 5.19. The molecule has 11 heteroatoms. The van der Waals surface area contributed by atoms with Gasteiger partial charge in [0.2, 0.25) is 5.91 Å². The minimum Gasteiger partial charge on any atom is -0.456 e. The van der Waals surface area contributed by atoms with Crippen LogP contribution in [0.15, 0.2) is 30.2 Å². The first-order valence-electron chi connectivity index (χ1n) is 11.0. The number of amides is 1. The maximum atomic E-state index is 13.3. The van der Waals surface area contributed by atoms with E-state index < -0.39 is 0 Å². The van der Waals surface area contributed by atoms with Crippen LogP contribution in [-0.4, -0.2) is 72.4 Å². The fourth-order valence-corrected chi connectivity index (χ4v) is 5.19. The summed E-state index contributed by atoms with van der Waals surface area (Å²) < 4.78 is 6.48. The minimum absolute atomic E-state index is 0.0996. The summed E-state index contributed by atoms with van der Waals surface area (Å²) in [6, 6.07) is 4.27. The van der Waals surface area contributed by atoms with Crippen molar-refractivity contribution in [3.8, 4) is 5.82 Å². The Balaban J connectivity index is 1.11. The Labute approximate surface area is 185 Å². The molecule has 5 rings (SSSR count). The summed E-state index contributed by atoms with van der Waals surface area (Å²) in [6.07, 6.45) is 8.21. The molecule has 1 N–H and O–H groups in total. The van der Waals surface area contributed by atoms with E-state index in [2.05, 4.69) is 38.0 Å². The van der Waals surface area contributed by atoms with Gasteiger partial charge in [-0.15, -0.1) is 10.2 Å². The van der Waals surface area contributed by atoms with Crippen molar-refractivity contribution in [1.29, 1.82) is 0 Å². The second-order valence-electron chi connectivity index (χ2n) is 8.87. The Morgan fingerprint density at radius 3 is 2.72 bits per heavy atom. The second kappa shape index (κ2) is 8.38. The summed E-state index contributed by atoms with van der Waals surface area (Å²) in [6.45, 7) is 3.07. The van der Waals surface area contributed by atoms with Gasteiger partial charge in [0.15, 0.2) is 5.82 Å². The van der Waals surface area contributed by atoms with Gasteiger partial charge in [0.25, 0.3) is 0 Å². The normalized spacial score (nSPS) is 27.8. The number of tetrazole rings is 1. The zero-order valence-electron chi connectivity index (χ0n) is 18.0. The molecule has 1 aliphatic carbocycles. The summed E-state index contributed by atoms with van der Waals surface area (Å²) in [5, 5.41) is 23.0. The average molecular weight is 438 g/mol. The lowest BCUT2D eigenvalue weighted by Crippen LogP contribution is -2.42. The predicted molar refractivity (Wildman–Crippen MR) is 111 cm³/mol. The number of rotatable bonds is 6. The van der Waals surface area contributed by atoms with E-state index in [1.165, 1.54) is 17.1 Å². The molecule has 2 fully saturated rings. The SMILES string of the molecule is CC1CC2(CCC(NCCc3ccc(-n4cnnn4)nn3)CC2)C(=O)N1C1=CC(=O)OC1. The van der Waals surface area contributed by atoms with Crippen LogP contribution in [0.1, 0.15) is 44.7 Å². The molecule has 2 aliphatic heterocycles. The van der Waals surface area contributed by atoms with E-state index in [-0.39, 0.29) is 29.9 Å². The van der Waals surface area contributed by atoms with Crippen molar-refractivity contribution >= 4 is 11.9 Å². The highest BCUT2D eigenvalue weighted by molar-refractivity contribution is 5.91. The molecule has 4 heterocycles. The lowest BCUT2D eigenvalue weighted by atomic mass is 9.70. The molecular formula is C21H26N8O3. The Kier molecular flexibility index (Phi) is 5.41. The third kappa shape index (κ3) is 3.88. The van der Waals surface area contributed by atoms with Gasteiger partial charge in [-0.2, -0.15) is 9.78 Å². The third-order valence-electron chi connectivity index (χ3n) is 6.80. The molecule has 0 bridgehead atoms. The molecule has 1 atom stereocenters. The van der Waals surface area contributed by atoms with E-state index in [1.807, 2.05) is 12.1 Å². The van der Waals surface area contributed by atoms with Crippen molar-refractivity contribution in [2.75, 3.05) is 13.2 Å². The molecule has 0 radical (unpaired) electrons. The monoisotopic (exact) mass is 438 g/mol. The zero-order valence-corrected chi connectivity index (χ0v) is 18.0. The van der Waals surface area contributed by atoms with Gasteiger partial charge in [-0.1, -0.05) is 0 Å². The van der Waals surface area contributed by atoms with Gasteiger partial charge in [-0.3, -0.25) is 4.79 Å². The smallest absolute Gasteiger partial charge is 0.333 e. The van der Waals surface area contributed by atoms with Crippen molar-refractivity contribution in [1.82, 2.24) is 40.6 Å². The summed E-state index contributed by atoms with van der Waals surface area (Å²) in [5.74, 6) is 0.382. The largest absolute Gasteiger partial charge is 0.456 e. The van der Waals surface area contributed by atoms with Crippen LogP contribution in [0.3, 0.4) is 0 Å². The molecule has 3 aliphatic rings. The molecule has 1 amide bonds. The van der Waals surface area contributed by atoms with E-state index in [0.717, 1.165) is 50.8 Å². The lowest BCUT2D eigenvalue weighted by molar-refractivity contribution is -0.138. The number of carbonyl (C=O) groups excluding carboxylic acids is 2. The van der Waals surface area contributed by atoms with Crippen LogP contribution in [0.5, 0.6) is 0 Å². The molecule has 2 aromatic heterocycles. The highest BCUT2D eigenvalue weighted by Gasteiger charge is 2.52. The Hall–Kier alpha value is -3.21. The van der Waals surface area contributed by atoms with E-state index >= 15 is 0 Å². The molecule has 11 nitrogen and oxygen atoms in total. The van der Waals surface area contributed by atoms with Crippen LogP contribution in [0.4, 0.5) is 0 Å². The van der Waals surface area contributed by atoms with Crippen LogP contribution < -0.4 is 5.32 Å². The van der Waals surface area contributed by atoms with Crippen LogP contribution in [0.25, 0.3) is 5.82 Å². The van der Waals surface area contributed by atoms with E-state index in [4.69, 9.17) is 4.74 Å². The van der Waals surface area contributed by atoms with Crippen molar-refractivity contribution in [3.63, 3.8) is 0 Å². The highest BCUT2D eigenvalue weighted by atomic mass is 16.5. The molecule has 1 unspecified atom stereocenters. The van der Waals surface area contributed by atoms with Crippen LogP contribution in [0.2, 0.25) is 0 Å². The first-order valence-corrected chi connectivity index (χ1v) is 11.0. The standard InChI is InChI=1S/C21H26N8O3/c1-14-11-21(20(31)29(14)17-10-19(30)32-12-17)7-4-15(5-8-21)22-9-6-16-2-3-18(25-24-16)28-13-23-26-27-28/h2-3,10,13-15,22H,4-9,11-12H2,1H3. The van der Waals surface area contributed by atoms with Crippen LogP contribution in [0, 0.1) is 5.41 Å². The number of hydrogen-bond acceptors (Lipinski definition) is 9. The number of ether oxygens (including phenoxy) is 1. The molecule has 32 heavy (non-hydrogen) atoms. The minimum atomic E-state index is -0.358. The number of likely N-dealkylation sites (tertiary alicyclic amines) is 1. The van der Waals surface area contributed by atoms with Crippen molar-refractivity contribution in [3.05, 3.63) is 35.9 Å². The number of hydrogen-bond donors (Lipinski definition) is 1. The predicted octanol–water partition coefficient (Wildman–Crippen LogP) is 0.575. The van der Waals surface area contributed by atoms with E-state index in [1.54, 1.807) is 4.90 Å². The van der Waals surface area contributed by atoms with Gasteiger partial charge < -0.3 is 15.0 Å². The average Bonchev–Trinajstić information content (AvgIpc) is 3.52.